The number of benzene rings is 2. The van der Waals surface area contributed by atoms with Crippen LogP contribution in [0.25, 0.3) is 0 Å². The van der Waals surface area contributed by atoms with Crippen molar-refractivity contribution in [3.05, 3.63) is 52.5 Å². The molecule has 0 radical (unpaired) electrons. The quantitative estimate of drug-likeness (QED) is 0.830. The van der Waals surface area contributed by atoms with Crippen LogP contribution in [0.4, 0.5) is 11.4 Å². The lowest BCUT2D eigenvalue weighted by molar-refractivity contribution is 0.601. The fourth-order valence-electron chi connectivity index (χ4n) is 1.62. The fraction of sp³-hybridized carbons (Fsp3) is 0. The molecule has 5 nitrogen and oxygen atoms in total. The third-order valence-corrected chi connectivity index (χ3v) is 4.47. The summed E-state index contributed by atoms with van der Waals surface area (Å²) >= 11 is 3.24. The van der Waals surface area contributed by atoms with Crippen LogP contribution >= 0.6 is 15.9 Å². The molecule has 0 aliphatic carbocycles. The monoisotopic (exact) mass is 351 g/mol. The first-order chi connectivity index (χ1) is 9.44. The summed E-state index contributed by atoms with van der Waals surface area (Å²) in [4.78, 5) is -0.0789. The van der Waals surface area contributed by atoms with E-state index < -0.39 is 10.0 Å². The van der Waals surface area contributed by atoms with Gasteiger partial charge < -0.3 is 5.73 Å². The highest BCUT2D eigenvalue weighted by atomic mass is 79.9. The van der Waals surface area contributed by atoms with Crippen LogP contribution in [0, 0.1) is 11.3 Å². The van der Waals surface area contributed by atoms with E-state index in [1.54, 1.807) is 30.3 Å². The number of anilines is 2. The van der Waals surface area contributed by atoms with E-state index in [1.165, 1.54) is 12.1 Å². The molecule has 0 aliphatic rings. The fourth-order valence-corrected chi connectivity index (χ4v) is 3.24. The molecule has 102 valence electrons. The van der Waals surface area contributed by atoms with Crippen molar-refractivity contribution in [2.24, 2.45) is 0 Å². The Morgan fingerprint density at radius 2 is 1.90 bits per heavy atom. The summed E-state index contributed by atoms with van der Waals surface area (Å²) in [6.45, 7) is 0. The summed E-state index contributed by atoms with van der Waals surface area (Å²) in [6.07, 6.45) is 0. The van der Waals surface area contributed by atoms with Crippen LogP contribution in [0.1, 0.15) is 5.56 Å². The van der Waals surface area contributed by atoms with Gasteiger partial charge in [-0.15, -0.1) is 0 Å². The molecular formula is C13H10BrN3O2S. The third kappa shape index (κ3) is 2.92. The molecule has 3 N–H and O–H groups in total. The van der Waals surface area contributed by atoms with Gasteiger partial charge in [0.15, 0.2) is 0 Å². The van der Waals surface area contributed by atoms with E-state index in [0.29, 0.717) is 0 Å². The maximum Gasteiger partial charge on any atom is 0.263 e. The summed E-state index contributed by atoms with van der Waals surface area (Å²) in [7, 11) is -3.86. The Morgan fingerprint density at radius 1 is 1.20 bits per heavy atom. The molecule has 0 bridgehead atoms. The average molecular weight is 352 g/mol. The standard InChI is InChI=1S/C13H10BrN3O2S/c14-10-5-6-12(11(16)7-10)17-20(18,19)13-4-2-1-3-9(13)8-15/h1-7,17H,16H2. The number of hydrogen-bond acceptors (Lipinski definition) is 4. The van der Waals surface area contributed by atoms with Crippen LogP contribution in [0.3, 0.4) is 0 Å². The van der Waals surface area contributed by atoms with Crippen LogP contribution in [0.2, 0.25) is 0 Å². The van der Waals surface area contributed by atoms with Crippen LogP contribution < -0.4 is 10.5 Å². The second kappa shape index (κ2) is 5.53. The Morgan fingerprint density at radius 3 is 2.55 bits per heavy atom. The predicted molar refractivity (Wildman–Crippen MR) is 80.5 cm³/mol. The van der Waals surface area contributed by atoms with E-state index in [2.05, 4.69) is 20.7 Å². The highest BCUT2D eigenvalue weighted by molar-refractivity contribution is 9.10. The Labute approximate surface area is 125 Å². The highest BCUT2D eigenvalue weighted by Crippen LogP contribution is 2.26. The zero-order valence-corrected chi connectivity index (χ0v) is 12.6. The number of nitrogen functional groups attached to an aromatic ring is 1. The van der Waals surface area contributed by atoms with Crippen LogP contribution in [0.15, 0.2) is 51.8 Å². The summed E-state index contributed by atoms with van der Waals surface area (Å²) in [5.41, 5.74) is 6.39. The minimum absolute atomic E-state index is 0.0789. The van der Waals surface area contributed by atoms with Crippen molar-refractivity contribution in [3.8, 4) is 6.07 Å². The lowest BCUT2D eigenvalue weighted by Crippen LogP contribution is -2.15. The van der Waals surface area contributed by atoms with Crippen molar-refractivity contribution in [1.82, 2.24) is 0 Å². The molecule has 2 aromatic rings. The van der Waals surface area contributed by atoms with E-state index >= 15 is 0 Å². The van der Waals surface area contributed by atoms with Crippen LogP contribution in [-0.2, 0) is 10.0 Å². The molecule has 0 atom stereocenters. The SMILES string of the molecule is N#Cc1ccccc1S(=O)(=O)Nc1ccc(Br)cc1N. The topological polar surface area (TPSA) is 96.0 Å². The molecule has 20 heavy (non-hydrogen) atoms. The number of nitrogens with one attached hydrogen (secondary N) is 1. The first kappa shape index (κ1) is 14.4. The van der Waals surface area contributed by atoms with Gasteiger partial charge in [-0.3, -0.25) is 4.72 Å². The van der Waals surface area contributed by atoms with E-state index in [1.807, 2.05) is 6.07 Å². The van der Waals surface area contributed by atoms with Gasteiger partial charge in [-0.2, -0.15) is 5.26 Å². The molecule has 0 heterocycles. The van der Waals surface area contributed by atoms with Crippen molar-refractivity contribution in [2.75, 3.05) is 10.5 Å². The summed E-state index contributed by atoms with van der Waals surface area (Å²) in [5, 5.41) is 8.97. The number of rotatable bonds is 3. The highest BCUT2D eigenvalue weighted by Gasteiger charge is 2.19. The molecule has 7 heteroatoms. The van der Waals surface area contributed by atoms with Gasteiger partial charge in [0.25, 0.3) is 10.0 Å². The van der Waals surface area contributed by atoms with Gasteiger partial charge >= 0.3 is 0 Å². The van der Waals surface area contributed by atoms with Crippen molar-refractivity contribution >= 4 is 37.3 Å². The smallest absolute Gasteiger partial charge is 0.263 e. The van der Waals surface area contributed by atoms with Crippen molar-refractivity contribution in [3.63, 3.8) is 0 Å². The molecule has 0 fully saturated rings. The molecule has 0 saturated heterocycles. The normalized spacial score (nSPS) is 10.8. The number of sulfonamides is 1. The predicted octanol–water partition coefficient (Wildman–Crippen LogP) is 2.70. The van der Waals surface area contributed by atoms with Gasteiger partial charge in [0.05, 0.1) is 16.9 Å². The zero-order valence-electron chi connectivity index (χ0n) is 10.2. The summed E-state index contributed by atoms with van der Waals surface area (Å²) in [6, 6.07) is 12.6. The van der Waals surface area contributed by atoms with Gasteiger partial charge in [0.1, 0.15) is 11.0 Å². The molecule has 0 aliphatic heterocycles. The Hall–Kier alpha value is -2.04. The average Bonchev–Trinajstić information content (AvgIpc) is 2.42. The van der Waals surface area contributed by atoms with E-state index in [4.69, 9.17) is 11.0 Å². The van der Waals surface area contributed by atoms with Crippen molar-refractivity contribution in [1.29, 1.82) is 5.26 Å². The second-order valence-corrected chi connectivity index (χ2v) is 6.51. The largest absolute Gasteiger partial charge is 0.397 e. The lowest BCUT2D eigenvalue weighted by Gasteiger charge is -2.11. The minimum Gasteiger partial charge on any atom is -0.397 e. The first-order valence-electron chi connectivity index (χ1n) is 5.51. The molecule has 0 amide bonds. The Kier molecular flexibility index (Phi) is 3.97. The third-order valence-electron chi connectivity index (χ3n) is 2.55. The molecule has 2 rings (SSSR count). The summed E-state index contributed by atoms with van der Waals surface area (Å²) < 4.78 is 27.7. The van der Waals surface area contributed by atoms with Gasteiger partial charge in [0, 0.05) is 4.47 Å². The van der Waals surface area contributed by atoms with Gasteiger partial charge in [-0.1, -0.05) is 28.1 Å². The zero-order chi connectivity index (χ0) is 14.8. The minimum atomic E-state index is -3.86. The van der Waals surface area contributed by atoms with E-state index in [9.17, 15) is 8.42 Å². The van der Waals surface area contributed by atoms with Gasteiger partial charge in [-0.05, 0) is 30.3 Å². The van der Waals surface area contributed by atoms with Crippen LogP contribution in [0.5, 0.6) is 0 Å². The van der Waals surface area contributed by atoms with Crippen molar-refractivity contribution < 1.29 is 8.42 Å². The lowest BCUT2D eigenvalue weighted by atomic mass is 10.2. The number of nitriles is 1. The second-order valence-electron chi connectivity index (χ2n) is 3.95. The molecule has 0 spiro atoms. The van der Waals surface area contributed by atoms with Gasteiger partial charge in [-0.25, -0.2) is 8.42 Å². The number of halogens is 1. The van der Waals surface area contributed by atoms with E-state index in [0.717, 1.165) is 4.47 Å². The summed E-state index contributed by atoms with van der Waals surface area (Å²) in [5.74, 6) is 0. The van der Waals surface area contributed by atoms with Gasteiger partial charge in [0.2, 0.25) is 0 Å². The molecule has 0 aromatic heterocycles. The van der Waals surface area contributed by atoms with E-state index in [-0.39, 0.29) is 21.8 Å². The maximum atomic E-state index is 12.3. The Balaban J connectivity index is 2.44. The maximum absolute atomic E-state index is 12.3. The molecule has 2 aromatic carbocycles. The van der Waals surface area contributed by atoms with Crippen LogP contribution in [-0.4, -0.2) is 8.42 Å². The van der Waals surface area contributed by atoms with Crippen molar-refractivity contribution in [2.45, 2.75) is 4.90 Å². The number of nitrogens with zero attached hydrogens (tertiary/aromatic N) is 1. The number of hydrogen-bond donors (Lipinski definition) is 2. The number of nitrogens with two attached hydrogens (primary N) is 1. The molecule has 0 unspecified atom stereocenters. The molecular weight excluding hydrogens is 342 g/mol. The molecule has 0 saturated carbocycles. The Bertz CT molecular complexity index is 798. The first-order valence-corrected chi connectivity index (χ1v) is 7.78.